The van der Waals surface area contributed by atoms with Crippen LogP contribution in [0.3, 0.4) is 0 Å². The van der Waals surface area contributed by atoms with Gasteiger partial charge in [-0.15, -0.1) is 0 Å². The van der Waals surface area contributed by atoms with Crippen LogP contribution in [0.4, 0.5) is 4.79 Å². The summed E-state index contributed by atoms with van der Waals surface area (Å²) in [7, 11) is 0. The van der Waals surface area contributed by atoms with E-state index in [9.17, 15) is 29.7 Å². The van der Waals surface area contributed by atoms with E-state index in [0.29, 0.717) is 4.90 Å². The van der Waals surface area contributed by atoms with Crippen molar-refractivity contribution in [2.24, 2.45) is 0 Å². The zero-order valence-corrected chi connectivity index (χ0v) is 11.6. The van der Waals surface area contributed by atoms with E-state index in [1.165, 1.54) is 0 Å². The first-order valence-corrected chi connectivity index (χ1v) is 6.16. The Morgan fingerprint density at radius 1 is 1.20 bits per heavy atom. The number of nitrogens with zero attached hydrogens (tertiary/aromatic N) is 1. The van der Waals surface area contributed by atoms with Gasteiger partial charge in [-0.1, -0.05) is 0 Å². The Morgan fingerprint density at radius 2 is 1.70 bits per heavy atom. The van der Waals surface area contributed by atoms with E-state index in [1.807, 2.05) is 0 Å². The number of ether oxygens (including phenoxy) is 1. The van der Waals surface area contributed by atoms with Crippen molar-refractivity contribution in [1.82, 2.24) is 4.90 Å². The highest BCUT2D eigenvalue weighted by Gasteiger charge is 2.58. The molecule has 3 N–H and O–H groups in total. The van der Waals surface area contributed by atoms with Gasteiger partial charge in [-0.2, -0.15) is 0 Å². The number of hydrogen-bond donors (Lipinski definition) is 3. The minimum absolute atomic E-state index is 0.0988. The first-order chi connectivity index (χ1) is 9.00. The van der Waals surface area contributed by atoms with Gasteiger partial charge in [0.2, 0.25) is 5.54 Å². The average molecular weight is 289 g/mol. The molecule has 1 aliphatic heterocycles. The molecule has 114 valence electrons. The fourth-order valence-corrected chi connectivity index (χ4v) is 2.08. The summed E-state index contributed by atoms with van der Waals surface area (Å²) in [5, 5.41) is 28.1. The van der Waals surface area contributed by atoms with E-state index >= 15 is 0 Å². The molecular formula is C12H19NO7. The summed E-state index contributed by atoms with van der Waals surface area (Å²) < 4.78 is 5.05. The van der Waals surface area contributed by atoms with Crippen molar-refractivity contribution in [1.29, 1.82) is 0 Å². The lowest BCUT2D eigenvalue weighted by molar-refractivity contribution is -0.173. The molecule has 1 fully saturated rings. The Labute approximate surface area is 115 Å². The number of carboxylic acid groups (broad SMARTS) is 2. The lowest BCUT2D eigenvalue weighted by Gasteiger charge is -2.42. The molecule has 20 heavy (non-hydrogen) atoms. The monoisotopic (exact) mass is 289 g/mol. The van der Waals surface area contributed by atoms with E-state index in [0.717, 1.165) is 0 Å². The summed E-state index contributed by atoms with van der Waals surface area (Å²) in [6.07, 6.45) is -2.59. The largest absolute Gasteiger partial charge is 0.479 e. The van der Waals surface area contributed by atoms with Gasteiger partial charge in [-0.25, -0.2) is 14.4 Å². The molecule has 1 saturated heterocycles. The summed E-state index contributed by atoms with van der Waals surface area (Å²) >= 11 is 0. The molecule has 1 rings (SSSR count). The van der Waals surface area contributed by atoms with Crippen LogP contribution in [0.5, 0.6) is 0 Å². The average Bonchev–Trinajstić information content (AvgIpc) is 2.25. The number of carbonyl (C=O) groups is 3. The lowest BCUT2D eigenvalue weighted by atomic mass is 9.85. The SMILES string of the molecule is CC(C)(C)OC(=O)N1CCC(O)CC1(C(=O)O)C(=O)O. The Balaban J connectivity index is 3.16. The van der Waals surface area contributed by atoms with Crippen molar-refractivity contribution >= 4 is 18.0 Å². The highest BCUT2D eigenvalue weighted by molar-refractivity contribution is 6.06. The van der Waals surface area contributed by atoms with Crippen molar-refractivity contribution < 1.29 is 34.4 Å². The Bertz CT molecular complexity index is 412. The van der Waals surface area contributed by atoms with Crippen LogP contribution in [0.2, 0.25) is 0 Å². The van der Waals surface area contributed by atoms with E-state index in [2.05, 4.69) is 0 Å². The van der Waals surface area contributed by atoms with Crippen LogP contribution in [0.25, 0.3) is 0 Å². The molecule has 8 nitrogen and oxygen atoms in total. The summed E-state index contributed by atoms with van der Waals surface area (Å²) in [5.41, 5.74) is -3.38. The molecule has 1 heterocycles. The molecule has 0 aromatic carbocycles. The number of aliphatic hydroxyl groups is 1. The molecule has 0 aliphatic carbocycles. The molecule has 1 atom stereocenters. The van der Waals surface area contributed by atoms with Gasteiger partial charge in [-0.3, -0.25) is 4.90 Å². The smallest absolute Gasteiger partial charge is 0.411 e. The maximum absolute atomic E-state index is 12.0. The van der Waals surface area contributed by atoms with Gasteiger partial charge in [0, 0.05) is 13.0 Å². The molecule has 1 unspecified atom stereocenters. The molecule has 0 saturated carbocycles. The number of carboxylic acids is 2. The highest BCUT2D eigenvalue weighted by atomic mass is 16.6. The molecule has 0 aromatic heterocycles. The van der Waals surface area contributed by atoms with Gasteiger partial charge >= 0.3 is 18.0 Å². The third-order valence-electron chi connectivity index (χ3n) is 3.00. The summed E-state index contributed by atoms with van der Waals surface area (Å²) in [6, 6.07) is 0. The number of rotatable bonds is 2. The molecule has 0 aromatic rings. The molecule has 1 amide bonds. The van der Waals surface area contributed by atoms with Gasteiger partial charge in [0.05, 0.1) is 6.10 Å². The minimum Gasteiger partial charge on any atom is -0.479 e. The Kier molecular flexibility index (Phi) is 4.28. The highest BCUT2D eigenvalue weighted by Crippen LogP contribution is 2.31. The van der Waals surface area contributed by atoms with E-state index in [4.69, 9.17) is 4.74 Å². The van der Waals surface area contributed by atoms with E-state index in [1.54, 1.807) is 20.8 Å². The molecule has 8 heteroatoms. The second-order valence-corrected chi connectivity index (χ2v) is 5.75. The van der Waals surface area contributed by atoms with Crippen molar-refractivity contribution in [3.8, 4) is 0 Å². The van der Waals surface area contributed by atoms with Gasteiger partial charge in [-0.05, 0) is 27.2 Å². The topological polar surface area (TPSA) is 124 Å². The zero-order valence-electron chi connectivity index (χ0n) is 11.6. The van der Waals surface area contributed by atoms with Crippen LogP contribution in [-0.4, -0.2) is 62.0 Å². The number of hydrogen-bond acceptors (Lipinski definition) is 5. The number of amides is 1. The predicted octanol–water partition coefficient (Wildman–Crippen LogP) is 0.286. The molecule has 0 spiro atoms. The molecular weight excluding hydrogens is 270 g/mol. The van der Waals surface area contributed by atoms with Crippen LogP contribution in [0.15, 0.2) is 0 Å². The predicted molar refractivity (Wildman–Crippen MR) is 66.2 cm³/mol. The quantitative estimate of drug-likeness (QED) is 0.624. The van der Waals surface area contributed by atoms with Gasteiger partial charge in [0.15, 0.2) is 0 Å². The van der Waals surface area contributed by atoms with E-state index in [-0.39, 0.29) is 13.0 Å². The minimum atomic E-state index is -2.50. The van der Waals surface area contributed by atoms with Crippen molar-refractivity contribution in [2.75, 3.05) is 6.54 Å². The molecule has 0 bridgehead atoms. The van der Waals surface area contributed by atoms with Crippen LogP contribution in [0, 0.1) is 0 Å². The van der Waals surface area contributed by atoms with Gasteiger partial charge < -0.3 is 20.1 Å². The Morgan fingerprint density at radius 3 is 2.10 bits per heavy atom. The Hall–Kier alpha value is -1.83. The fourth-order valence-electron chi connectivity index (χ4n) is 2.08. The maximum atomic E-state index is 12.0. The van der Waals surface area contributed by atoms with Crippen LogP contribution in [-0.2, 0) is 14.3 Å². The molecule has 1 aliphatic rings. The van der Waals surface area contributed by atoms with Crippen LogP contribution in [0.1, 0.15) is 33.6 Å². The summed E-state index contributed by atoms with van der Waals surface area (Å²) in [4.78, 5) is 35.5. The number of aliphatic hydroxyl groups excluding tert-OH is 1. The van der Waals surface area contributed by atoms with Crippen LogP contribution >= 0.6 is 0 Å². The third-order valence-corrected chi connectivity index (χ3v) is 3.00. The van der Waals surface area contributed by atoms with Crippen LogP contribution < -0.4 is 0 Å². The summed E-state index contributed by atoms with van der Waals surface area (Å²) in [5.74, 6) is -3.40. The van der Waals surface area contributed by atoms with E-state index < -0.39 is 41.7 Å². The maximum Gasteiger partial charge on any atom is 0.411 e. The lowest BCUT2D eigenvalue weighted by Crippen LogP contribution is -2.66. The van der Waals surface area contributed by atoms with Crippen molar-refractivity contribution in [3.63, 3.8) is 0 Å². The second kappa shape index (κ2) is 5.28. The number of aliphatic carboxylic acids is 2. The van der Waals surface area contributed by atoms with Gasteiger partial charge in [0.1, 0.15) is 5.60 Å². The fraction of sp³-hybridized carbons (Fsp3) is 0.750. The number of likely N-dealkylation sites (tertiary alicyclic amines) is 1. The van der Waals surface area contributed by atoms with Crippen molar-refractivity contribution in [2.45, 2.75) is 50.9 Å². The second-order valence-electron chi connectivity index (χ2n) is 5.75. The third kappa shape index (κ3) is 3.01. The first-order valence-electron chi connectivity index (χ1n) is 6.16. The number of piperidine rings is 1. The molecule has 0 radical (unpaired) electrons. The van der Waals surface area contributed by atoms with Gasteiger partial charge in [0.25, 0.3) is 0 Å². The first kappa shape index (κ1) is 16.2. The number of carbonyl (C=O) groups excluding carboxylic acids is 1. The summed E-state index contributed by atoms with van der Waals surface area (Å²) in [6.45, 7) is 4.57. The normalized spacial score (nSPS) is 22.2. The standard InChI is InChI=1S/C12H19NO7/c1-11(2,3)20-10(19)13-5-4-7(14)6-12(13,8(15)16)9(17)18/h7,14H,4-6H2,1-3H3,(H,15,16)(H,17,18). The van der Waals surface area contributed by atoms with Crippen molar-refractivity contribution in [3.05, 3.63) is 0 Å². The zero-order chi connectivity index (χ0) is 15.7.